The fourth-order valence-electron chi connectivity index (χ4n) is 3.26. The Bertz CT molecular complexity index is 207. The van der Waals surface area contributed by atoms with Crippen molar-refractivity contribution in [1.29, 1.82) is 0 Å². The van der Waals surface area contributed by atoms with Gasteiger partial charge >= 0.3 is 0 Å². The zero-order valence-electron chi connectivity index (χ0n) is 11.8. The molecule has 1 fully saturated rings. The summed E-state index contributed by atoms with van der Waals surface area (Å²) in [5, 5.41) is 0. The highest BCUT2D eigenvalue weighted by Crippen LogP contribution is 2.32. The second-order valence-electron chi connectivity index (χ2n) is 6.61. The molecule has 0 aliphatic heterocycles. The third kappa shape index (κ3) is 3.21. The van der Waals surface area contributed by atoms with E-state index in [0.29, 0.717) is 6.04 Å². The molecule has 3 unspecified atom stereocenters. The lowest BCUT2D eigenvalue weighted by molar-refractivity contribution is 0.0462. The predicted molar refractivity (Wildman–Crippen MR) is 71.5 cm³/mol. The van der Waals surface area contributed by atoms with E-state index in [0.717, 1.165) is 18.5 Å². The van der Waals surface area contributed by atoms with E-state index in [1.165, 1.54) is 25.7 Å². The molecular weight excluding hydrogens is 196 g/mol. The van der Waals surface area contributed by atoms with Crippen LogP contribution in [0.4, 0.5) is 0 Å². The van der Waals surface area contributed by atoms with E-state index in [4.69, 9.17) is 5.73 Å². The third-order valence-electron chi connectivity index (χ3n) is 4.30. The van der Waals surface area contributed by atoms with Gasteiger partial charge in [-0.25, -0.2) is 0 Å². The molecule has 0 aromatic carbocycles. The lowest BCUT2D eigenvalue weighted by Gasteiger charge is -2.45. The summed E-state index contributed by atoms with van der Waals surface area (Å²) in [4.78, 5) is 2.56. The molecule has 2 N–H and O–H groups in total. The average Bonchev–Trinajstić information content (AvgIpc) is 2.17. The topological polar surface area (TPSA) is 29.3 Å². The maximum Gasteiger partial charge on any atom is 0.0266 e. The minimum absolute atomic E-state index is 0.278. The Morgan fingerprint density at radius 2 is 1.81 bits per heavy atom. The zero-order chi connectivity index (χ0) is 12.3. The van der Waals surface area contributed by atoms with Crippen molar-refractivity contribution in [2.75, 3.05) is 13.6 Å². The molecule has 0 radical (unpaired) electrons. The smallest absolute Gasteiger partial charge is 0.0266 e. The average molecular weight is 226 g/mol. The van der Waals surface area contributed by atoms with Crippen LogP contribution in [0.2, 0.25) is 0 Å². The Balaban J connectivity index is 2.70. The molecule has 0 heterocycles. The summed E-state index contributed by atoms with van der Waals surface area (Å²) in [6.07, 6.45) is 5.54. The van der Waals surface area contributed by atoms with Gasteiger partial charge in [-0.3, -0.25) is 4.90 Å². The molecule has 0 spiro atoms. The highest BCUT2D eigenvalue weighted by atomic mass is 15.2. The van der Waals surface area contributed by atoms with Crippen molar-refractivity contribution in [1.82, 2.24) is 4.90 Å². The first-order chi connectivity index (χ1) is 7.38. The van der Waals surface area contributed by atoms with Crippen molar-refractivity contribution < 1.29 is 0 Å². The number of rotatable bonds is 3. The van der Waals surface area contributed by atoms with E-state index in [9.17, 15) is 0 Å². The van der Waals surface area contributed by atoms with Gasteiger partial charge in [-0.15, -0.1) is 0 Å². The number of nitrogens with two attached hydrogens (primary N) is 1. The normalized spacial score (nSPS) is 29.4. The summed E-state index contributed by atoms with van der Waals surface area (Å²) in [6, 6.07) is 1.24. The van der Waals surface area contributed by atoms with E-state index in [1.807, 2.05) is 0 Å². The van der Waals surface area contributed by atoms with E-state index in [2.05, 4.69) is 39.6 Å². The molecule has 0 aromatic heterocycles. The Labute approximate surface area is 102 Å². The van der Waals surface area contributed by atoms with E-state index < -0.39 is 0 Å². The fraction of sp³-hybridized carbons (Fsp3) is 1.00. The summed E-state index contributed by atoms with van der Waals surface area (Å²) in [5.74, 6) is 0.829. The molecule has 1 aliphatic rings. The van der Waals surface area contributed by atoms with Crippen LogP contribution in [0.3, 0.4) is 0 Å². The van der Waals surface area contributed by atoms with Crippen molar-refractivity contribution in [3.63, 3.8) is 0 Å². The number of hydrogen-bond donors (Lipinski definition) is 1. The number of nitrogens with zero attached hydrogens (tertiary/aromatic N) is 1. The van der Waals surface area contributed by atoms with E-state index in [-0.39, 0.29) is 5.41 Å². The summed E-state index contributed by atoms with van der Waals surface area (Å²) >= 11 is 0. The summed E-state index contributed by atoms with van der Waals surface area (Å²) in [7, 11) is 2.27. The van der Waals surface area contributed by atoms with Gasteiger partial charge in [0, 0.05) is 18.6 Å². The molecule has 0 saturated heterocycles. The summed E-state index contributed by atoms with van der Waals surface area (Å²) in [6.45, 7) is 10.1. The monoisotopic (exact) mass is 226 g/mol. The van der Waals surface area contributed by atoms with Crippen molar-refractivity contribution in [3.8, 4) is 0 Å². The Hall–Kier alpha value is -0.0800. The van der Waals surface area contributed by atoms with E-state index >= 15 is 0 Å². The lowest BCUT2D eigenvalue weighted by atomic mass is 9.80. The first-order valence-corrected chi connectivity index (χ1v) is 6.80. The quantitative estimate of drug-likeness (QED) is 0.802. The highest BCUT2D eigenvalue weighted by molar-refractivity contribution is 4.89. The molecule has 0 amide bonds. The molecule has 0 bridgehead atoms. The molecule has 2 heteroatoms. The van der Waals surface area contributed by atoms with Gasteiger partial charge in [0.05, 0.1) is 0 Å². The second kappa shape index (κ2) is 5.50. The fourth-order valence-corrected chi connectivity index (χ4v) is 3.26. The molecule has 1 rings (SSSR count). The van der Waals surface area contributed by atoms with Gasteiger partial charge in [-0.2, -0.15) is 0 Å². The zero-order valence-corrected chi connectivity index (χ0v) is 11.8. The van der Waals surface area contributed by atoms with Gasteiger partial charge in [0.1, 0.15) is 0 Å². The molecule has 16 heavy (non-hydrogen) atoms. The van der Waals surface area contributed by atoms with Crippen molar-refractivity contribution in [2.24, 2.45) is 17.1 Å². The number of likely N-dealkylation sites (N-methyl/N-ethyl adjacent to an activating group) is 1. The third-order valence-corrected chi connectivity index (χ3v) is 4.30. The van der Waals surface area contributed by atoms with Gasteiger partial charge in [-0.05, 0) is 31.2 Å². The van der Waals surface area contributed by atoms with Crippen LogP contribution in [0.15, 0.2) is 0 Å². The van der Waals surface area contributed by atoms with Gasteiger partial charge in [0.15, 0.2) is 0 Å². The molecular formula is C14H30N2. The molecule has 1 aliphatic carbocycles. The van der Waals surface area contributed by atoms with Crippen LogP contribution < -0.4 is 5.73 Å². The maximum absolute atomic E-state index is 5.97. The van der Waals surface area contributed by atoms with Gasteiger partial charge in [0.25, 0.3) is 0 Å². The van der Waals surface area contributed by atoms with Crippen molar-refractivity contribution in [2.45, 2.75) is 65.5 Å². The molecule has 3 atom stereocenters. The van der Waals surface area contributed by atoms with Crippen LogP contribution in [0.5, 0.6) is 0 Å². The predicted octanol–water partition coefficient (Wildman–Crippen LogP) is 2.87. The van der Waals surface area contributed by atoms with Crippen LogP contribution in [0.25, 0.3) is 0 Å². The van der Waals surface area contributed by atoms with Crippen molar-refractivity contribution >= 4 is 0 Å². The SMILES string of the molecule is CC1CCCCC1N(C)C(CN)C(C)(C)C. The minimum atomic E-state index is 0.278. The van der Waals surface area contributed by atoms with Gasteiger partial charge in [0.2, 0.25) is 0 Å². The molecule has 1 saturated carbocycles. The minimum Gasteiger partial charge on any atom is -0.329 e. The Morgan fingerprint density at radius 1 is 1.25 bits per heavy atom. The maximum atomic E-state index is 5.97. The summed E-state index contributed by atoms with van der Waals surface area (Å²) in [5.41, 5.74) is 6.25. The Morgan fingerprint density at radius 3 is 2.25 bits per heavy atom. The standard InChI is InChI=1S/C14H30N2/c1-11-8-6-7-9-12(11)16(5)13(10-15)14(2,3)4/h11-13H,6-10,15H2,1-5H3. The van der Waals surface area contributed by atoms with Gasteiger partial charge in [-0.1, -0.05) is 40.5 Å². The van der Waals surface area contributed by atoms with Crippen LogP contribution in [-0.2, 0) is 0 Å². The van der Waals surface area contributed by atoms with E-state index in [1.54, 1.807) is 0 Å². The van der Waals surface area contributed by atoms with Crippen LogP contribution in [0, 0.1) is 11.3 Å². The molecule has 96 valence electrons. The van der Waals surface area contributed by atoms with Crippen LogP contribution >= 0.6 is 0 Å². The molecule has 2 nitrogen and oxygen atoms in total. The van der Waals surface area contributed by atoms with Crippen molar-refractivity contribution in [3.05, 3.63) is 0 Å². The van der Waals surface area contributed by atoms with Crippen LogP contribution in [-0.4, -0.2) is 30.6 Å². The first-order valence-electron chi connectivity index (χ1n) is 6.80. The summed E-state index contributed by atoms with van der Waals surface area (Å²) < 4.78 is 0. The highest BCUT2D eigenvalue weighted by Gasteiger charge is 2.34. The number of hydrogen-bond acceptors (Lipinski definition) is 2. The molecule has 0 aromatic rings. The van der Waals surface area contributed by atoms with Crippen LogP contribution in [0.1, 0.15) is 53.4 Å². The van der Waals surface area contributed by atoms with Gasteiger partial charge < -0.3 is 5.73 Å². The first kappa shape index (κ1) is 14.0. The lowest BCUT2D eigenvalue weighted by Crippen LogP contribution is -2.53. The second-order valence-corrected chi connectivity index (χ2v) is 6.61. The Kier molecular flexibility index (Phi) is 4.81. The largest absolute Gasteiger partial charge is 0.329 e.